The summed E-state index contributed by atoms with van der Waals surface area (Å²) in [7, 11) is 0. The Morgan fingerprint density at radius 3 is 2.72 bits per heavy atom. The van der Waals surface area contributed by atoms with E-state index < -0.39 is 5.97 Å². The number of para-hydroxylation sites is 1. The molecule has 5 nitrogen and oxygen atoms in total. The number of nitrogens with one attached hydrogen (secondary N) is 1. The summed E-state index contributed by atoms with van der Waals surface area (Å²) in [6, 6.07) is 17.2. The Labute approximate surface area is 213 Å². The fourth-order valence-corrected chi connectivity index (χ4v) is 5.01. The zero-order valence-corrected chi connectivity index (χ0v) is 21.3. The van der Waals surface area contributed by atoms with Crippen molar-refractivity contribution in [3.8, 4) is 16.9 Å². The lowest BCUT2D eigenvalue weighted by Gasteiger charge is -2.23. The highest BCUT2D eigenvalue weighted by Gasteiger charge is 2.45. The smallest absolute Gasteiger partial charge is 0.303 e. The Bertz CT molecular complexity index is 1230. The van der Waals surface area contributed by atoms with Gasteiger partial charge in [0, 0.05) is 36.5 Å². The third-order valence-electron chi connectivity index (χ3n) is 7.67. The minimum Gasteiger partial charge on any atom is -0.490 e. The SMILES string of the molecule is Cc1ccc([C@H](C)CCCC(=O)O)cc1CNC1(c2cnccc2-c2ccccc2OC2CC2)CC1. The first-order chi connectivity index (χ1) is 17.4. The molecule has 0 saturated heterocycles. The molecule has 2 fully saturated rings. The number of hydrogen-bond acceptors (Lipinski definition) is 4. The van der Waals surface area contributed by atoms with Gasteiger partial charge in [-0.3, -0.25) is 9.78 Å². The summed E-state index contributed by atoms with van der Waals surface area (Å²) in [5.74, 6) is 0.581. The third kappa shape index (κ3) is 5.62. The van der Waals surface area contributed by atoms with Crippen LogP contribution in [0.5, 0.6) is 5.75 Å². The minimum absolute atomic E-state index is 0.0775. The maximum Gasteiger partial charge on any atom is 0.303 e. The molecule has 2 aromatic carbocycles. The topological polar surface area (TPSA) is 71.5 Å². The molecular weight excluding hydrogens is 448 g/mol. The second-order valence-corrected chi connectivity index (χ2v) is 10.5. The predicted molar refractivity (Wildman–Crippen MR) is 142 cm³/mol. The van der Waals surface area contributed by atoms with Crippen LogP contribution in [0.2, 0.25) is 0 Å². The van der Waals surface area contributed by atoms with E-state index in [1.807, 2.05) is 18.5 Å². The molecule has 0 amide bonds. The molecular formula is C31H36N2O3. The second-order valence-electron chi connectivity index (χ2n) is 10.5. The quantitative estimate of drug-likeness (QED) is 0.298. The van der Waals surface area contributed by atoms with Crippen LogP contribution in [0.25, 0.3) is 11.1 Å². The summed E-state index contributed by atoms with van der Waals surface area (Å²) >= 11 is 0. The Morgan fingerprint density at radius 2 is 1.97 bits per heavy atom. The first kappa shape index (κ1) is 24.5. The van der Waals surface area contributed by atoms with E-state index in [1.165, 1.54) is 27.8 Å². The van der Waals surface area contributed by atoms with Crippen molar-refractivity contribution in [2.45, 2.75) is 82.9 Å². The Morgan fingerprint density at radius 1 is 1.17 bits per heavy atom. The lowest BCUT2D eigenvalue weighted by Crippen LogP contribution is -2.29. The summed E-state index contributed by atoms with van der Waals surface area (Å²) in [5, 5.41) is 12.8. The molecule has 2 saturated carbocycles. The van der Waals surface area contributed by atoms with Gasteiger partial charge >= 0.3 is 5.97 Å². The van der Waals surface area contributed by atoms with Gasteiger partial charge in [0.1, 0.15) is 5.75 Å². The van der Waals surface area contributed by atoms with Gasteiger partial charge in [0.15, 0.2) is 0 Å². The Balaban J connectivity index is 1.34. The summed E-state index contributed by atoms with van der Waals surface area (Å²) in [5.41, 5.74) is 7.35. The van der Waals surface area contributed by atoms with Crippen molar-refractivity contribution >= 4 is 5.97 Å². The highest BCUT2D eigenvalue weighted by molar-refractivity contribution is 5.74. The van der Waals surface area contributed by atoms with Gasteiger partial charge in [0.25, 0.3) is 0 Å². The van der Waals surface area contributed by atoms with Crippen LogP contribution in [-0.4, -0.2) is 22.2 Å². The van der Waals surface area contributed by atoms with Crippen LogP contribution < -0.4 is 10.1 Å². The normalized spacial score (nSPS) is 16.9. The van der Waals surface area contributed by atoms with Crippen molar-refractivity contribution in [2.24, 2.45) is 0 Å². The molecule has 1 aromatic heterocycles. The van der Waals surface area contributed by atoms with Crippen LogP contribution in [0.4, 0.5) is 0 Å². The van der Waals surface area contributed by atoms with E-state index in [9.17, 15) is 4.79 Å². The largest absolute Gasteiger partial charge is 0.490 e. The summed E-state index contributed by atoms with van der Waals surface area (Å²) in [6.45, 7) is 5.14. The van der Waals surface area contributed by atoms with E-state index in [0.29, 0.717) is 18.4 Å². The number of benzene rings is 2. The third-order valence-corrected chi connectivity index (χ3v) is 7.67. The molecule has 5 rings (SSSR count). The summed E-state index contributed by atoms with van der Waals surface area (Å²) in [4.78, 5) is 15.4. The van der Waals surface area contributed by atoms with E-state index in [1.54, 1.807) is 0 Å². The number of carbonyl (C=O) groups is 1. The number of hydrogen-bond donors (Lipinski definition) is 2. The van der Waals surface area contributed by atoms with Crippen LogP contribution in [0, 0.1) is 6.92 Å². The highest BCUT2D eigenvalue weighted by atomic mass is 16.5. The maximum atomic E-state index is 10.9. The minimum atomic E-state index is -0.720. The van der Waals surface area contributed by atoms with Crippen LogP contribution in [0.3, 0.4) is 0 Å². The van der Waals surface area contributed by atoms with E-state index in [0.717, 1.165) is 50.0 Å². The molecule has 0 unspecified atom stereocenters. The number of aryl methyl sites for hydroxylation is 1. The van der Waals surface area contributed by atoms with Gasteiger partial charge in [-0.2, -0.15) is 0 Å². The molecule has 0 aliphatic heterocycles. The number of aromatic nitrogens is 1. The van der Waals surface area contributed by atoms with Gasteiger partial charge in [-0.25, -0.2) is 0 Å². The second kappa shape index (κ2) is 10.4. The molecule has 5 heteroatoms. The van der Waals surface area contributed by atoms with Crippen molar-refractivity contribution in [1.29, 1.82) is 0 Å². The van der Waals surface area contributed by atoms with Crippen molar-refractivity contribution in [1.82, 2.24) is 10.3 Å². The number of aliphatic carboxylic acids is 1. The number of rotatable bonds is 12. The lowest BCUT2D eigenvalue weighted by molar-refractivity contribution is -0.137. The number of pyridine rings is 1. The number of carboxylic acids is 1. The lowest BCUT2D eigenvalue weighted by atomic mass is 9.92. The first-order valence-electron chi connectivity index (χ1n) is 13.2. The van der Waals surface area contributed by atoms with Crippen LogP contribution >= 0.6 is 0 Å². The molecule has 2 N–H and O–H groups in total. The molecule has 3 aromatic rings. The highest BCUT2D eigenvalue weighted by Crippen LogP contribution is 2.50. The van der Waals surface area contributed by atoms with Gasteiger partial charge in [0.2, 0.25) is 0 Å². The number of nitrogens with zero attached hydrogens (tertiary/aromatic N) is 1. The average molecular weight is 485 g/mol. The first-order valence-corrected chi connectivity index (χ1v) is 13.2. The van der Waals surface area contributed by atoms with Crippen molar-refractivity contribution < 1.29 is 14.6 Å². The van der Waals surface area contributed by atoms with E-state index in [4.69, 9.17) is 9.84 Å². The molecule has 36 heavy (non-hydrogen) atoms. The van der Waals surface area contributed by atoms with Crippen molar-refractivity contribution in [2.75, 3.05) is 0 Å². The van der Waals surface area contributed by atoms with Gasteiger partial charge in [-0.05, 0) is 91.3 Å². The molecule has 2 aliphatic rings. The number of ether oxygens (including phenoxy) is 1. The molecule has 0 radical (unpaired) electrons. The average Bonchev–Trinajstić information content (AvgIpc) is 3.81. The Hall–Kier alpha value is -3.18. The standard InChI is InChI=1S/C31H36N2O3/c1-21(6-5-9-30(34)35)23-11-10-22(2)24(18-23)19-33-31(15-16-31)28-20-32-17-14-26(28)27-7-3-4-8-29(27)36-25-12-13-25/h3-4,7-8,10-11,14,17-18,20-21,25,33H,5-6,9,12-13,15-16,19H2,1-2H3,(H,34,35)/t21-/m1/s1. The molecule has 0 spiro atoms. The maximum absolute atomic E-state index is 10.9. The van der Waals surface area contributed by atoms with Gasteiger partial charge in [0.05, 0.1) is 6.10 Å². The monoisotopic (exact) mass is 484 g/mol. The molecule has 1 atom stereocenters. The summed E-state index contributed by atoms with van der Waals surface area (Å²) < 4.78 is 6.25. The van der Waals surface area contributed by atoms with Gasteiger partial charge in [-0.1, -0.05) is 43.3 Å². The van der Waals surface area contributed by atoms with E-state index >= 15 is 0 Å². The number of carboxylic acid groups (broad SMARTS) is 1. The van der Waals surface area contributed by atoms with E-state index in [-0.39, 0.29) is 12.0 Å². The predicted octanol–water partition coefficient (Wildman–Crippen LogP) is 6.74. The molecule has 2 aliphatic carbocycles. The molecule has 188 valence electrons. The zero-order chi connectivity index (χ0) is 25.1. The Kier molecular flexibility index (Phi) is 7.10. The van der Waals surface area contributed by atoms with Gasteiger partial charge in [-0.15, -0.1) is 0 Å². The molecule has 1 heterocycles. The summed E-state index contributed by atoms with van der Waals surface area (Å²) in [6.07, 6.45) is 10.5. The fourth-order valence-electron chi connectivity index (χ4n) is 5.01. The van der Waals surface area contributed by atoms with Crippen LogP contribution in [0.1, 0.15) is 80.0 Å². The van der Waals surface area contributed by atoms with Crippen LogP contribution in [-0.2, 0) is 16.9 Å². The molecule has 0 bridgehead atoms. The zero-order valence-electron chi connectivity index (χ0n) is 21.3. The van der Waals surface area contributed by atoms with Crippen LogP contribution in [0.15, 0.2) is 60.9 Å². The van der Waals surface area contributed by atoms with Crippen molar-refractivity contribution in [3.63, 3.8) is 0 Å². The fraction of sp³-hybridized carbons (Fsp3) is 0.419. The van der Waals surface area contributed by atoms with E-state index in [2.05, 4.69) is 66.6 Å². The van der Waals surface area contributed by atoms with Crippen molar-refractivity contribution in [3.05, 3.63) is 83.2 Å². The van der Waals surface area contributed by atoms with Gasteiger partial charge < -0.3 is 15.2 Å².